The Morgan fingerprint density at radius 1 is 1.62 bits per heavy atom. The van der Waals surface area contributed by atoms with Gasteiger partial charge in [0, 0.05) is 19.2 Å². The average Bonchev–Trinajstić information content (AvgIpc) is 3.16. The zero-order valence-corrected chi connectivity index (χ0v) is 14.1. The van der Waals surface area contributed by atoms with E-state index in [2.05, 4.69) is 11.1 Å². The first-order chi connectivity index (χ1) is 11.6. The van der Waals surface area contributed by atoms with E-state index < -0.39 is 6.10 Å². The van der Waals surface area contributed by atoms with Crippen LogP contribution in [0.4, 0.5) is 5.69 Å². The molecule has 7 nitrogen and oxygen atoms in total. The fourth-order valence-corrected chi connectivity index (χ4v) is 3.58. The number of aromatic nitrogens is 1. The second kappa shape index (κ2) is 7.23. The molecule has 24 heavy (non-hydrogen) atoms. The molecular formula is C16H18N4O3S. The molecule has 2 N–H and O–H groups in total. The lowest BCUT2D eigenvalue weighted by Gasteiger charge is -2.14. The van der Waals surface area contributed by atoms with E-state index in [9.17, 15) is 4.79 Å². The minimum atomic E-state index is -0.554. The molecule has 1 amide bonds. The molecule has 2 heterocycles. The first kappa shape index (κ1) is 16.8. The second-order valence-corrected chi connectivity index (χ2v) is 6.58. The number of thiazole rings is 1. The van der Waals surface area contributed by atoms with Crippen molar-refractivity contribution in [3.8, 4) is 6.07 Å². The van der Waals surface area contributed by atoms with Gasteiger partial charge >= 0.3 is 0 Å². The maximum atomic E-state index is 12.3. The minimum Gasteiger partial charge on any atom is -0.381 e. The molecule has 0 saturated carbocycles. The molecule has 0 spiro atoms. The summed E-state index contributed by atoms with van der Waals surface area (Å²) in [4.78, 5) is 18.4. The van der Waals surface area contributed by atoms with Crippen molar-refractivity contribution >= 4 is 33.1 Å². The molecule has 2 aromatic rings. The highest BCUT2D eigenvalue weighted by Gasteiger charge is 2.33. The van der Waals surface area contributed by atoms with Crippen molar-refractivity contribution < 1.29 is 14.3 Å². The van der Waals surface area contributed by atoms with E-state index in [1.54, 1.807) is 12.0 Å². The number of fused-ring (bicyclic) bond motifs is 1. The Hall–Kier alpha value is -2.05. The highest BCUT2D eigenvalue weighted by molar-refractivity contribution is 7.18. The van der Waals surface area contributed by atoms with Crippen LogP contribution < -0.4 is 10.6 Å². The number of nitrogens with two attached hydrogens (primary N) is 1. The molecule has 0 bridgehead atoms. The molecule has 0 radical (unpaired) electrons. The Morgan fingerprint density at radius 3 is 3.21 bits per heavy atom. The Labute approximate surface area is 143 Å². The maximum Gasteiger partial charge on any atom is 0.260 e. The molecule has 2 unspecified atom stereocenters. The predicted molar refractivity (Wildman–Crippen MR) is 90.5 cm³/mol. The number of methoxy groups -OCH3 is 1. The normalized spacial score (nSPS) is 19.0. The van der Waals surface area contributed by atoms with Gasteiger partial charge in [-0.25, -0.2) is 4.98 Å². The number of ether oxygens (including phenoxy) is 2. The molecular weight excluding hydrogens is 328 g/mol. The highest BCUT2D eigenvalue weighted by atomic mass is 32.1. The first-order valence-corrected chi connectivity index (χ1v) is 8.40. The number of anilines is 1. The number of nitrogens with zero attached hydrogens (tertiary/aromatic N) is 3. The fraction of sp³-hybridized carbons (Fsp3) is 0.438. The molecule has 1 saturated heterocycles. The number of carbonyl (C=O) groups excluding carboxylic acids is 1. The third kappa shape index (κ3) is 3.25. The van der Waals surface area contributed by atoms with Crippen molar-refractivity contribution in [2.75, 3.05) is 25.3 Å². The molecule has 126 valence electrons. The number of rotatable bonds is 6. The van der Waals surface area contributed by atoms with Gasteiger partial charge in [0.2, 0.25) is 0 Å². The quantitative estimate of drug-likeness (QED) is 0.857. The van der Waals surface area contributed by atoms with Crippen molar-refractivity contribution in [3.05, 3.63) is 23.2 Å². The summed E-state index contributed by atoms with van der Waals surface area (Å²) >= 11 is 1.49. The number of hydrogen-bond acceptors (Lipinski definition) is 7. The SMILES string of the molecule is COCC1OCN(c2ccc3nc(C(N)CCC#N)sc3c2)C1=O. The summed E-state index contributed by atoms with van der Waals surface area (Å²) in [5.74, 6) is -0.105. The van der Waals surface area contributed by atoms with Gasteiger partial charge in [-0.15, -0.1) is 11.3 Å². The first-order valence-electron chi connectivity index (χ1n) is 7.59. The van der Waals surface area contributed by atoms with Crippen molar-refractivity contribution in [1.82, 2.24) is 4.98 Å². The van der Waals surface area contributed by atoms with Gasteiger partial charge in [0.25, 0.3) is 5.91 Å². The lowest BCUT2D eigenvalue weighted by Crippen LogP contribution is -2.31. The smallest absolute Gasteiger partial charge is 0.260 e. The molecule has 0 aliphatic carbocycles. The molecule has 3 rings (SSSR count). The van der Waals surface area contributed by atoms with E-state index in [1.807, 2.05) is 18.2 Å². The minimum absolute atomic E-state index is 0.105. The zero-order valence-electron chi connectivity index (χ0n) is 13.3. The maximum absolute atomic E-state index is 12.3. The van der Waals surface area contributed by atoms with Crippen LogP contribution in [0.2, 0.25) is 0 Å². The fourth-order valence-electron chi connectivity index (χ4n) is 2.55. The summed E-state index contributed by atoms with van der Waals surface area (Å²) < 4.78 is 11.4. The summed E-state index contributed by atoms with van der Waals surface area (Å²) in [7, 11) is 1.54. The van der Waals surface area contributed by atoms with E-state index in [0.29, 0.717) is 12.8 Å². The standard InChI is InChI=1S/C16H18N4O3S/c1-22-8-13-16(21)20(9-23-13)10-4-5-12-14(7-10)24-15(19-12)11(18)3-2-6-17/h4-5,7,11,13H,2-3,8-9,18H2,1H3. The Kier molecular flexibility index (Phi) is 5.06. The summed E-state index contributed by atoms with van der Waals surface area (Å²) in [5.41, 5.74) is 7.69. The van der Waals surface area contributed by atoms with Crippen molar-refractivity contribution in [2.45, 2.75) is 25.0 Å². The van der Waals surface area contributed by atoms with Crippen LogP contribution in [0.15, 0.2) is 18.2 Å². The van der Waals surface area contributed by atoms with E-state index in [-0.39, 0.29) is 25.3 Å². The molecule has 1 aliphatic heterocycles. The molecule has 2 atom stereocenters. The summed E-state index contributed by atoms with van der Waals surface area (Å²) in [6.07, 6.45) is 0.436. The van der Waals surface area contributed by atoms with Crippen LogP contribution in [0.1, 0.15) is 23.9 Å². The van der Waals surface area contributed by atoms with E-state index in [1.165, 1.54) is 11.3 Å². The Morgan fingerprint density at radius 2 is 2.46 bits per heavy atom. The molecule has 8 heteroatoms. The van der Waals surface area contributed by atoms with Gasteiger partial charge in [-0.05, 0) is 24.6 Å². The predicted octanol–water partition coefficient (Wildman–Crippen LogP) is 1.94. The van der Waals surface area contributed by atoms with Crippen LogP contribution in [0.25, 0.3) is 10.2 Å². The third-order valence-electron chi connectivity index (χ3n) is 3.85. The number of hydrogen-bond donors (Lipinski definition) is 1. The lowest BCUT2D eigenvalue weighted by atomic mass is 10.2. The molecule has 1 aliphatic rings. The lowest BCUT2D eigenvalue weighted by molar-refractivity contribution is -0.124. The van der Waals surface area contributed by atoms with Crippen LogP contribution >= 0.6 is 11.3 Å². The molecule has 1 fully saturated rings. The number of nitriles is 1. The van der Waals surface area contributed by atoms with Crippen molar-refractivity contribution in [2.24, 2.45) is 5.73 Å². The number of amides is 1. The van der Waals surface area contributed by atoms with E-state index >= 15 is 0 Å². The Bertz CT molecular complexity index is 785. The third-order valence-corrected chi connectivity index (χ3v) is 5.00. The van der Waals surface area contributed by atoms with Crippen LogP contribution in [-0.2, 0) is 14.3 Å². The van der Waals surface area contributed by atoms with Gasteiger partial charge in [0.05, 0.1) is 28.9 Å². The highest BCUT2D eigenvalue weighted by Crippen LogP contribution is 2.31. The van der Waals surface area contributed by atoms with E-state index in [0.717, 1.165) is 20.9 Å². The average molecular weight is 346 g/mol. The van der Waals surface area contributed by atoms with Gasteiger partial charge in [-0.3, -0.25) is 9.69 Å². The summed E-state index contributed by atoms with van der Waals surface area (Å²) in [6, 6.07) is 7.50. The summed E-state index contributed by atoms with van der Waals surface area (Å²) in [5, 5.41) is 9.47. The van der Waals surface area contributed by atoms with Crippen LogP contribution in [0.3, 0.4) is 0 Å². The van der Waals surface area contributed by atoms with Crippen molar-refractivity contribution in [1.29, 1.82) is 5.26 Å². The topological polar surface area (TPSA) is 101 Å². The van der Waals surface area contributed by atoms with Crippen LogP contribution in [-0.4, -0.2) is 37.4 Å². The van der Waals surface area contributed by atoms with Crippen LogP contribution in [0.5, 0.6) is 0 Å². The second-order valence-electron chi connectivity index (χ2n) is 5.51. The van der Waals surface area contributed by atoms with Gasteiger partial charge in [0.1, 0.15) is 11.7 Å². The molecule has 1 aromatic heterocycles. The van der Waals surface area contributed by atoms with Gasteiger partial charge in [0.15, 0.2) is 6.10 Å². The Balaban J connectivity index is 1.82. The number of benzene rings is 1. The molecule has 1 aromatic carbocycles. The van der Waals surface area contributed by atoms with E-state index in [4.69, 9.17) is 20.5 Å². The summed E-state index contributed by atoms with van der Waals surface area (Å²) in [6.45, 7) is 0.460. The zero-order chi connectivity index (χ0) is 17.1. The van der Waals surface area contributed by atoms with Crippen molar-refractivity contribution in [3.63, 3.8) is 0 Å². The van der Waals surface area contributed by atoms with Gasteiger partial charge in [-0.1, -0.05) is 0 Å². The van der Waals surface area contributed by atoms with Crippen LogP contribution in [0, 0.1) is 11.3 Å². The monoisotopic (exact) mass is 346 g/mol. The van der Waals surface area contributed by atoms with Gasteiger partial charge in [-0.2, -0.15) is 5.26 Å². The van der Waals surface area contributed by atoms with Gasteiger partial charge < -0.3 is 15.2 Å². The number of carbonyl (C=O) groups is 1. The largest absolute Gasteiger partial charge is 0.381 e.